The van der Waals surface area contributed by atoms with E-state index < -0.39 is 0 Å². The van der Waals surface area contributed by atoms with Crippen LogP contribution >= 0.6 is 0 Å². The van der Waals surface area contributed by atoms with Crippen molar-refractivity contribution in [2.45, 2.75) is 20.0 Å². The van der Waals surface area contributed by atoms with Gasteiger partial charge in [-0.15, -0.1) is 15.3 Å². The van der Waals surface area contributed by atoms with Crippen molar-refractivity contribution in [3.05, 3.63) is 48.2 Å². The SMILES string of the molecule is Cc1cc(-c2nnn3c2nc(N2CCn4cnnc4C2)c2ccccc23)no1. The van der Waals surface area contributed by atoms with E-state index in [0.29, 0.717) is 29.3 Å². The van der Waals surface area contributed by atoms with Crippen LogP contribution in [0.2, 0.25) is 0 Å². The molecule has 10 heteroatoms. The van der Waals surface area contributed by atoms with E-state index in [4.69, 9.17) is 9.51 Å². The van der Waals surface area contributed by atoms with E-state index >= 15 is 0 Å². The van der Waals surface area contributed by atoms with Crippen LogP contribution in [0.3, 0.4) is 0 Å². The standard InChI is InChI=1S/C18H15N9O/c1-11-8-13(23-28-11)16-18-20-17(25-6-7-26-10-19-21-15(26)9-25)12-4-2-3-5-14(12)27(18)24-22-16/h2-5,8,10H,6-7,9H2,1H3. The summed E-state index contributed by atoms with van der Waals surface area (Å²) in [7, 11) is 0. The lowest BCUT2D eigenvalue weighted by Gasteiger charge is -2.29. The number of benzene rings is 1. The molecule has 0 amide bonds. The predicted octanol–water partition coefficient (Wildman–Crippen LogP) is 1.85. The van der Waals surface area contributed by atoms with Gasteiger partial charge in [0.25, 0.3) is 0 Å². The molecule has 138 valence electrons. The quantitative estimate of drug-likeness (QED) is 0.462. The number of aromatic nitrogens is 8. The van der Waals surface area contributed by atoms with Gasteiger partial charge in [0.2, 0.25) is 0 Å². The van der Waals surface area contributed by atoms with E-state index in [2.05, 4.69) is 41.2 Å². The molecule has 5 heterocycles. The molecule has 0 saturated heterocycles. The molecule has 0 spiro atoms. The van der Waals surface area contributed by atoms with Gasteiger partial charge in [0.15, 0.2) is 17.2 Å². The van der Waals surface area contributed by atoms with Crippen molar-refractivity contribution >= 4 is 22.4 Å². The zero-order valence-corrected chi connectivity index (χ0v) is 15.0. The number of rotatable bonds is 2. The van der Waals surface area contributed by atoms with E-state index in [0.717, 1.165) is 35.6 Å². The summed E-state index contributed by atoms with van der Waals surface area (Å²) < 4.78 is 9.04. The normalized spacial score (nSPS) is 14.1. The van der Waals surface area contributed by atoms with Gasteiger partial charge in [-0.3, -0.25) is 0 Å². The zero-order chi connectivity index (χ0) is 18.7. The maximum absolute atomic E-state index is 5.22. The molecule has 1 aliphatic heterocycles. The molecule has 10 nitrogen and oxygen atoms in total. The smallest absolute Gasteiger partial charge is 0.188 e. The highest BCUT2D eigenvalue weighted by atomic mass is 16.5. The summed E-state index contributed by atoms with van der Waals surface area (Å²) in [5.74, 6) is 2.52. The maximum Gasteiger partial charge on any atom is 0.188 e. The minimum absolute atomic E-state index is 0.601. The van der Waals surface area contributed by atoms with Crippen molar-refractivity contribution in [2.75, 3.05) is 11.4 Å². The first-order chi connectivity index (χ1) is 13.8. The molecule has 0 radical (unpaired) electrons. The van der Waals surface area contributed by atoms with Crippen LogP contribution in [0, 0.1) is 6.92 Å². The largest absolute Gasteiger partial charge is 0.361 e. The second kappa shape index (κ2) is 5.59. The van der Waals surface area contributed by atoms with Crippen LogP contribution < -0.4 is 4.90 Å². The highest BCUT2D eigenvalue weighted by molar-refractivity contribution is 5.93. The fourth-order valence-corrected chi connectivity index (χ4v) is 3.68. The molecule has 6 rings (SSSR count). The third-order valence-electron chi connectivity index (χ3n) is 5.04. The molecule has 0 N–H and O–H groups in total. The molecule has 28 heavy (non-hydrogen) atoms. The predicted molar refractivity (Wildman–Crippen MR) is 99.6 cm³/mol. The number of fused-ring (bicyclic) bond motifs is 4. The van der Waals surface area contributed by atoms with Gasteiger partial charge in [-0.25, -0.2) is 4.98 Å². The second-order valence-corrected chi connectivity index (χ2v) is 6.81. The highest BCUT2D eigenvalue weighted by Gasteiger charge is 2.24. The van der Waals surface area contributed by atoms with Crippen molar-refractivity contribution in [1.29, 1.82) is 0 Å². The molecule has 1 aromatic carbocycles. The number of aryl methyl sites for hydroxylation is 1. The fourth-order valence-electron chi connectivity index (χ4n) is 3.68. The van der Waals surface area contributed by atoms with E-state index in [9.17, 15) is 0 Å². The van der Waals surface area contributed by atoms with Crippen molar-refractivity contribution in [3.8, 4) is 11.4 Å². The van der Waals surface area contributed by atoms with Crippen LogP contribution in [0.5, 0.6) is 0 Å². The monoisotopic (exact) mass is 373 g/mol. The lowest BCUT2D eigenvalue weighted by atomic mass is 10.2. The van der Waals surface area contributed by atoms with Crippen LogP contribution in [0.15, 0.2) is 41.2 Å². The Kier molecular flexibility index (Phi) is 3.04. The van der Waals surface area contributed by atoms with Gasteiger partial charge in [-0.2, -0.15) is 4.52 Å². The first kappa shape index (κ1) is 15.3. The van der Waals surface area contributed by atoms with E-state index in [-0.39, 0.29) is 0 Å². The molecule has 1 aliphatic rings. The number of anilines is 1. The van der Waals surface area contributed by atoms with Gasteiger partial charge in [0, 0.05) is 24.5 Å². The summed E-state index contributed by atoms with van der Waals surface area (Å²) in [5, 5.41) is 22.0. The highest BCUT2D eigenvalue weighted by Crippen LogP contribution is 2.31. The van der Waals surface area contributed by atoms with Gasteiger partial charge in [-0.1, -0.05) is 22.5 Å². The molecule has 5 aromatic rings. The molecular formula is C18H15N9O. The summed E-state index contributed by atoms with van der Waals surface area (Å²) >= 11 is 0. The fraction of sp³-hybridized carbons (Fsp3) is 0.222. The van der Waals surface area contributed by atoms with Crippen molar-refractivity contribution in [2.24, 2.45) is 0 Å². The maximum atomic E-state index is 5.22. The third-order valence-corrected chi connectivity index (χ3v) is 5.04. The summed E-state index contributed by atoms with van der Waals surface area (Å²) in [5.41, 5.74) is 2.81. The van der Waals surface area contributed by atoms with Gasteiger partial charge in [0.1, 0.15) is 23.6 Å². The summed E-state index contributed by atoms with van der Waals surface area (Å²) in [6, 6.07) is 9.90. The Labute approximate surface area is 158 Å². The van der Waals surface area contributed by atoms with Gasteiger partial charge in [-0.05, 0) is 19.1 Å². The summed E-state index contributed by atoms with van der Waals surface area (Å²) in [6.07, 6.45) is 1.77. The topological polar surface area (TPSA) is 103 Å². The first-order valence-electron chi connectivity index (χ1n) is 8.97. The third kappa shape index (κ3) is 2.14. The van der Waals surface area contributed by atoms with Crippen LogP contribution in [-0.2, 0) is 13.1 Å². The van der Waals surface area contributed by atoms with Crippen LogP contribution in [0.25, 0.3) is 27.9 Å². The average molecular weight is 373 g/mol. The molecule has 4 aromatic heterocycles. The number of para-hydroxylation sites is 1. The van der Waals surface area contributed by atoms with Crippen molar-refractivity contribution in [3.63, 3.8) is 0 Å². The molecule has 0 aliphatic carbocycles. The van der Waals surface area contributed by atoms with E-state index in [1.54, 1.807) is 10.8 Å². The Balaban J connectivity index is 1.59. The molecular weight excluding hydrogens is 358 g/mol. The van der Waals surface area contributed by atoms with Crippen molar-refractivity contribution in [1.82, 2.24) is 39.7 Å². The van der Waals surface area contributed by atoms with Crippen LogP contribution in [0.1, 0.15) is 11.6 Å². The van der Waals surface area contributed by atoms with Crippen molar-refractivity contribution < 1.29 is 4.52 Å². The molecule has 0 saturated carbocycles. The number of nitrogens with zero attached hydrogens (tertiary/aromatic N) is 9. The minimum Gasteiger partial charge on any atom is -0.361 e. The Morgan fingerprint density at radius 1 is 1.11 bits per heavy atom. The Morgan fingerprint density at radius 2 is 2.04 bits per heavy atom. The zero-order valence-electron chi connectivity index (χ0n) is 15.0. The van der Waals surface area contributed by atoms with E-state index in [1.165, 1.54) is 0 Å². The summed E-state index contributed by atoms with van der Waals surface area (Å²) in [4.78, 5) is 7.17. The van der Waals surface area contributed by atoms with Gasteiger partial charge < -0.3 is 14.0 Å². The minimum atomic E-state index is 0.601. The average Bonchev–Trinajstić information content (AvgIpc) is 3.45. The van der Waals surface area contributed by atoms with Crippen LogP contribution in [-0.4, -0.2) is 46.3 Å². The van der Waals surface area contributed by atoms with Gasteiger partial charge in [0.05, 0.1) is 12.1 Å². The molecule has 0 fully saturated rings. The first-order valence-corrected chi connectivity index (χ1v) is 8.97. The molecule has 0 unspecified atom stereocenters. The lowest BCUT2D eigenvalue weighted by Crippen LogP contribution is -2.34. The second-order valence-electron chi connectivity index (χ2n) is 6.81. The number of hydrogen-bond acceptors (Lipinski definition) is 8. The van der Waals surface area contributed by atoms with E-state index in [1.807, 2.05) is 31.2 Å². The molecule has 0 bridgehead atoms. The Bertz CT molecular complexity index is 1330. The van der Waals surface area contributed by atoms with Gasteiger partial charge >= 0.3 is 0 Å². The molecule has 0 atom stereocenters. The Hall–Kier alpha value is -3.82. The number of hydrogen-bond donors (Lipinski definition) is 0. The Morgan fingerprint density at radius 3 is 2.93 bits per heavy atom. The van der Waals surface area contributed by atoms with Crippen LogP contribution in [0.4, 0.5) is 5.82 Å². The summed E-state index contributed by atoms with van der Waals surface area (Å²) in [6.45, 7) is 4.13. The lowest BCUT2D eigenvalue weighted by molar-refractivity contribution is 0.399.